The number of aromatic nitrogens is 1. The highest BCUT2D eigenvalue weighted by Gasteiger charge is 2.66. The molecule has 5 aliphatic rings. The summed E-state index contributed by atoms with van der Waals surface area (Å²) in [5.74, 6) is 0.279. The van der Waals surface area contributed by atoms with Gasteiger partial charge >= 0.3 is 0 Å². The van der Waals surface area contributed by atoms with Gasteiger partial charge in [-0.2, -0.15) is 0 Å². The minimum atomic E-state index is -0.615. The zero-order valence-corrected chi connectivity index (χ0v) is 13.9. The summed E-state index contributed by atoms with van der Waals surface area (Å²) < 4.78 is 0. The molecule has 1 aromatic rings. The first kappa shape index (κ1) is 13.2. The molecule has 3 atom stereocenters. The van der Waals surface area contributed by atoms with Crippen LogP contribution in [0.4, 0.5) is 0 Å². The molecule has 0 saturated heterocycles. The predicted octanol–water partition coefficient (Wildman–Crippen LogP) is 4.22. The molecule has 0 amide bonds. The van der Waals surface area contributed by atoms with E-state index in [1.807, 2.05) is 30.3 Å². The fraction of sp³-hybridized carbons (Fsp3) is 0.300. The van der Waals surface area contributed by atoms with E-state index in [1.165, 1.54) is 22.5 Å². The van der Waals surface area contributed by atoms with Crippen LogP contribution >= 0.6 is 11.8 Å². The number of fused-ring (bicyclic) bond motifs is 5. The van der Waals surface area contributed by atoms with Crippen LogP contribution in [0.3, 0.4) is 0 Å². The minimum Gasteiger partial charge on any atom is -0.357 e. The summed E-state index contributed by atoms with van der Waals surface area (Å²) in [6, 6.07) is 0. The molecule has 24 heavy (non-hydrogen) atoms. The van der Waals surface area contributed by atoms with Gasteiger partial charge in [0.15, 0.2) is 5.78 Å². The first-order valence-electron chi connectivity index (χ1n) is 8.49. The predicted molar refractivity (Wildman–Crippen MR) is 97.7 cm³/mol. The van der Waals surface area contributed by atoms with Gasteiger partial charge in [-0.1, -0.05) is 24.3 Å². The molecule has 118 valence electrons. The van der Waals surface area contributed by atoms with E-state index in [0.717, 1.165) is 18.4 Å². The monoisotopic (exact) mass is 332 g/mol. The maximum atomic E-state index is 13.2. The van der Waals surface area contributed by atoms with Crippen LogP contribution < -0.4 is 0 Å². The maximum Gasteiger partial charge on any atom is 0.153 e. The smallest absolute Gasteiger partial charge is 0.153 e. The lowest BCUT2D eigenvalue weighted by Gasteiger charge is -2.51. The van der Waals surface area contributed by atoms with E-state index in [4.69, 9.17) is 0 Å². The number of ketones is 1. The van der Waals surface area contributed by atoms with Crippen LogP contribution in [0, 0.1) is 10.8 Å². The number of carbonyl (C=O) groups is 1. The second-order valence-electron chi connectivity index (χ2n) is 7.16. The summed E-state index contributed by atoms with van der Waals surface area (Å²) in [4.78, 5) is 21.4. The lowest BCUT2D eigenvalue weighted by Crippen LogP contribution is -2.52. The summed E-state index contributed by atoms with van der Waals surface area (Å²) in [6.07, 6.45) is 17.4. The SMILES string of the molecule is O=C1CC=CC23C=CSC2c2[nH]c4c(c2C2=CN=CC123)CCC=C4. The van der Waals surface area contributed by atoms with E-state index >= 15 is 0 Å². The highest BCUT2D eigenvalue weighted by molar-refractivity contribution is 8.02. The van der Waals surface area contributed by atoms with Gasteiger partial charge in [-0.25, -0.2) is 0 Å². The van der Waals surface area contributed by atoms with E-state index in [-0.39, 0.29) is 16.4 Å². The Labute approximate surface area is 144 Å². The van der Waals surface area contributed by atoms with Crippen LogP contribution in [-0.2, 0) is 11.2 Å². The average Bonchev–Trinajstić information content (AvgIpc) is 3.28. The minimum absolute atomic E-state index is 0.216. The van der Waals surface area contributed by atoms with E-state index in [0.29, 0.717) is 6.42 Å². The molecule has 0 aromatic carbocycles. The number of thioether (sulfide) groups is 1. The van der Waals surface area contributed by atoms with Crippen LogP contribution in [0.1, 0.15) is 40.6 Å². The number of hydrogen-bond acceptors (Lipinski definition) is 3. The second-order valence-corrected chi connectivity index (χ2v) is 8.17. The molecule has 0 bridgehead atoms. The van der Waals surface area contributed by atoms with Crippen molar-refractivity contribution in [2.75, 3.05) is 0 Å². The third-order valence-electron chi connectivity index (χ3n) is 6.25. The molecule has 2 aliphatic heterocycles. The third-order valence-corrected chi connectivity index (χ3v) is 7.44. The molecule has 6 rings (SSSR count). The topological polar surface area (TPSA) is 45.2 Å². The van der Waals surface area contributed by atoms with Crippen molar-refractivity contribution in [1.82, 2.24) is 4.98 Å². The number of Topliss-reactive ketones (excluding diaryl/α,β-unsaturated/α-hetero) is 1. The molecule has 0 fully saturated rings. The van der Waals surface area contributed by atoms with Gasteiger partial charge in [0.05, 0.1) is 5.25 Å². The third kappa shape index (κ3) is 1.21. The highest BCUT2D eigenvalue weighted by Crippen LogP contribution is 2.71. The largest absolute Gasteiger partial charge is 0.357 e. The number of allylic oxidation sites excluding steroid dienone is 5. The van der Waals surface area contributed by atoms with Gasteiger partial charge in [-0.15, -0.1) is 11.8 Å². The Morgan fingerprint density at radius 3 is 3.21 bits per heavy atom. The fourth-order valence-corrected chi connectivity index (χ4v) is 6.59. The first-order valence-corrected chi connectivity index (χ1v) is 9.43. The summed E-state index contributed by atoms with van der Waals surface area (Å²) in [5.41, 5.74) is 5.31. The molecule has 0 radical (unpaired) electrons. The van der Waals surface area contributed by atoms with E-state index in [9.17, 15) is 4.79 Å². The normalized spacial score (nSPS) is 36.9. The van der Waals surface area contributed by atoms with Crippen LogP contribution in [0.25, 0.3) is 11.6 Å². The quantitative estimate of drug-likeness (QED) is 0.723. The van der Waals surface area contributed by atoms with Crippen molar-refractivity contribution in [3.8, 4) is 0 Å². The van der Waals surface area contributed by atoms with Gasteiger partial charge in [0, 0.05) is 41.2 Å². The van der Waals surface area contributed by atoms with Crippen molar-refractivity contribution in [3.63, 3.8) is 0 Å². The number of aliphatic imine (C=N–C) groups is 1. The molecule has 3 unspecified atom stereocenters. The number of H-pyrrole nitrogens is 1. The second kappa shape index (κ2) is 4.12. The van der Waals surface area contributed by atoms with Crippen LogP contribution in [0.15, 0.2) is 40.9 Å². The van der Waals surface area contributed by atoms with E-state index in [1.54, 1.807) is 0 Å². The van der Waals surface area contributed by atoms with Crippen LogP contribution in [0.5, 0.6) is 0 Å². The first-order chi connectivity index (χ1) is 11.8. The number of rotatable bonds is 0. The summed E-state index contributed by atoms with van der Waals surface area (Å²) >= 11 is 1.83. The van der Waals surface area contributed by atoms with Crippen molar-refractivity contribution < 1.29 is 4.79 Å². The Hall–Kier alpha value is -2.07. The Morgan fingerprint density at radius 1 is 1.29 bits per heavy atom. The molecule has 3 aliphatic carbocycles. The van der Waals surface area contributed by atoms with Gasteiger partial charge in [0.25, 0.3) is 0 Å². The maximum absolute atomic E-state index is 13.2. The lowest BCUT2D eigenvalue weighted by molar-refractivity contribution is -0.125. The number of carbonyl (C=O) groups excluding carboxylic acids is 1. The van der Waals surface area contributed by atoms with Gasteiger partial charge in [0.2, 0.25) is 0 Å². The van der Waals surface area contributed by atoms with Crippen molar-refractivity contribution in [1.29, 1.82) is 0 Å². The lowest BCUT2D eigenvalue weighted by atomic mass is 9.50. The Balaban J connectivity index is 1.75. The molecule has 0 saturated carbocycles. The molecular formula is C20H16N2OS. The van der Waals surface area contributed by atoms with Crippen molar-refractivity contribution >= 4 is 35.4 Å². The zero-order chi connectivity index (χ0) is 15.9. The molecule has 3 heterocycles. The fourth-order valence-electron chi connectivity index (χ4n) is 5.25. The van der Waals surface area contributed by atoms with Gasteiger partial charge < -0.3 is 4.98 Å². The Bertz CT molecular complexity index is 961. The number of hydrogen-bond donors (Lipinski definition) is 1. The molecule has 1 N–H and O–H groups in total. The molecule has 1 aromatic heterocycles. The molecule has 4 heteroatoms. The van der Waals surface area contributed by atoms with Crippen molar-refractivity contribution in [2.45, 2.75) is 24.5 Å². The highest BCUT2D eigenvalue weighted by atomic mass is 32.2. The average molecular weight is 332 g/mol. The molecule has 3 nitrogen and oxygen atoms in total. The zero-order valence-electron chi connectivity index (χ0n) is 13.1. The van der Waals surface area contributed by atoms with Gasteiger partial charge in [0.1, 0.15) is 5.41 Å². The Kier molecular flexibility index (Phi) is 2.27. The summed E-state index contributed by atoms with van der Waals surface area (Å²) in [6.45, 7) is 0. The number of nitrogens with zero attached hydrogens (tertiary/aromatic N) is 1. The van der Waals surface area contributed by atoms with Crippen molar-refractivity contribution in [2.24, 2.45) is 15.8 Å². The van der Waals surface area contributed by atoms with E-state index < -0.39 is 5.41 Å². The van der Waals surface area contributed by atoms with Crippen molar-refractivity contribution in [3.05, 3.63) is 58.4 Å². The Morgan fingerprint density at radius 2 is 2.25 bits per heavy atom. The van der Waals surface area contributed by atoms with E-state index in [2.05, 4.69) is 39.7 Å². The summed E-state index contributed by atoms with van der Waals surface area (Å²) in [5, 5.41) is 2.39. The van der Waals surface area contributed by atoms with Gasteiger partial charge in [-0.3, -0.25) is 9.79 Å². The summed E-state index contributed by atoms with van der Waals surface area (Å²) in [7, 11) is 0. The van der Waals surface area contributed by atoms with Crippen LogP contribution in [-0.4, -0.2) is 17.0 Å². The standard InChI is InChI=1S/C20H16N2OS/c23-15-6-3-7-19-8-9-24-18(19)17-16(13-10-21-11-20(13,15)19)12-4-1-2-5-14(12)22-17/h2-3,5,7-11,18,22H,1,4,6H2. The van der Waals surface area contributed by atoms with Gasteiger partial charge in [-0.05, 0) is 35.5 Å². The molecular weight excluding hydrogens is 316 g/mol. The number of aromatic amines is 1. The number of nitrogens with one attached hydrogen (secondary N) is 1. The van der Waals surface area contributed by atoms with Crippen LogP contribution in [0.2, 0.25) is 0 Å². The molecule has 2 spiro atoms.